The predicted octanol–water partition coefficient (Wildman–Crippen LogP) is 3.18. The topological polar surface area (TPSA) is 59.3 Å². The maximum atomic E-state index is 11.2. The number of rotatable bonds is 6. The fourth-order valence-corrected chi connectivity index (χ4v) is 1.57. The van der Waals surface area contributed by atoms with E-state index in [2.05, 4.69) is 10.8 Å². The van der Waals surface area contributed by atoms with Gasteiger partial charge in [0.25, 0.3) is 0 Å². The van der Waals surface area contributed by atoms with E-state index in [-0.39, 0.29) is 11.4 Å². The minimum absolute atomic E-state index is 0.307. The summed E-state index contributed by atoms with van der Waals surface area (Å²) < 4.78 is 10.2. The Morgan fingerprint density at radius 2 is 1.95 bits per heavy atom. The lowest BCUT2D eigenvalue weighted by atomic mass is 9.90. The average Bonchev–Trinajstić information content (AvgIpc) is 2.43. The molecule has 1 aromatic rings. The summed E-state index contributed by atoms with van der Waals surface area (Å²) in [4.78, 5) is 11.2. The van der Waals surface area contributed by atoms with Crippen molar-refractivity contribution in [2.45, 2.75) is 26.7 Å². The number of methoxy groups -OCH3 is 1. The van der Waals surface area contributed by atoms with Gasteiger partial charge >= 0.3 is 5.97 Å². The van der Waals surface area contributed by atoms with E-state index in [9.17, 15) is 4.79 Å². The second-order valence-electron chi connectivity index (χ2n) is 4.96. The molecular formula is C15H19NO3. The molecule has 19 heavy (non-hydrogen) atoms. The lowest BCUT2D eigenvalue weighted by Gasteiger charge is -2.14. The molecule has 0 saturated carbocycles. The molecule has 0 radical (unpaired) electrons. The molecule has 0 saturated heterocycles. The predicted molar refractivity (Wildman–Crippen MR) is 71.9 cm³/mol. The van der Waals surface area contributed by atoms with Gasteiger partial charge in [0.1, 0.15) is 5.75 Å². The smallest absolute Gasteiger partial charge is 0.337 e. The Morgan fingerprint density at radius 1 is 1.32 bits per heavy atom. The molecule has 0 N–H and O–H groups in total. The highest BCUT2D eigenvalue weighted by atomic mass is 16.5. The van der Waals surface area contributed by atoms with Crippen molar-refractivity contribution < 1.29 is 14.3 Å². The molecule has 0 unspecified atom stereocenters. The molecule has 1 aromatic carbocycles. The van der Waals surface area contributed by atoms with Crippen LogP contribution in [-0.4, -0.2) is 19.7 Å². The number of carbonyl (C=O) groups excluding carboxylic acids is 1. The van der Waals surface area contributed by atoms with Crippen LogP contribution in [0.25, 0.3) is 0 Å². The third kappa shape index (κ3) is 5.01. The molecule has 0 aliphatic heterocycles. The molecule has 0 heterocycles. The normalized spacial score (nSPS) is 10.6. The lowest BCUT2D eigenvalue weighted by molar-refractivity contribution is 0.0600. The zero-order valence-corrected chi connectivity index (χ0v) is 11.6. The first-order chi connectivity index (χ1) is 8.98. The molecule has 0 atom stereocenters. The van der Waals surface area contributed by atoms with Gasteiger partial charge in [-0.1, -0.05) is 0 Å². The maximum absolute atomic E-state index is 11.2. The Hall–Kier alpha value is -2.02. The molecule has 0 aliphatic rings. The summed E-state index contributed by atoms with van der Waals surface area (Å²) in [6, 6.07) is 9.07. The Morgan fingerprint density at radius 3 is 2.47 bits per heavy atom. The van der Waals surface area contributed by atoms with Gasteiger partial charge in [-0.15, -0.1) is 0 Å². The molecule has 102 valence electrons. The van der Waals surface area contributed by atoms with Crippen molar-refractivity contribution >= 4 is 5.97 Å². The molecule has 0 aliphatic carbocycles. The summed E-state index contributed by atoms with van der Waals surface area (Å²) in [5, 5.41) is 8.88. The first kappa shape index (κ1) is 15.0. The number of benzene rings is 1. The van der Waals surface area contributed by atoms with Gasteiger partial charge in [0.15, 0.2) is 0 Å². The first-order valence-corrected chi connectivity index (χ1v) is 6.21. The molecule has 4 nitrogen and oxygen atoms in total. The van der Waals surface area contributed by atoms with Crippen LogP contribution in [0.3, 0.4) is 0 Å². The van der Waals surface area contributed by atoms with Crippen molar-refractivity contribution in [3.05, 3.63) is 29.8 Å². The van der Waals surface area contributed by atoms with Crippen LogP contribution in [0.1, 0.15) is 37.0 Å². The van der Waals surface area contributed by atoms with Gasteiger partial charge in [0.2, 0.25) is 0 Å². The largest absolute Gasteiger partial charge is 0.494 e. The molecule has 0 fully saturated rings. The molecule has 4 heteroatoms. The highest BCUT2D eigenvalue weighted by molar-refractivity contribution is 5.89. The van der Waals surface area contributed by atoms with Crippen LogP contribution in [0, 0.1) is 16.7 Å². The van der Waals surface area contributed by atoms with Crippen molar-refractivity contribution in [2.75, 3.05) is 13.7 Å². The van der Waals surface area contributed by atoms with Crippen LogP contribution in [0.2, 0.25) is 0 Å². The summed E-state index contributed by atoms with van der Waals surface area (Å²) in [7, 11) is 1.35. The van der Waals surface area contributed by atoms with Crippen LogP contribution in [0.4, 0.5) is 0 Å². The van der Waals surface area contributed by atoms with Gasteiger partial charge in [-0.2, -0.15) is 5.26 Å². The Labute approximate surface area is 113 Å². The van der Waals surface area contributed by atoms with Gasteiger partial charge in [0, 0.05) is 0 Å². The maximum Gasteiger partial charge on any atom is 0.337 e. The van der Waals surface area contributed by atoms with Gasteiger partial charge in [-0.05, 0) is 51.0 Å². The minimum Gasteiger partial charge on any atom is -0.494 e. The van der Waals surface area contributed by atoms with Gasteiger partial charge in [0.05, 0.1) is 30.8 Å². The van der Waals surface area contributed by atoms with E-state index in [0.717, 1.165) is 12.8 Å². The van der Waals surface area contributed by atoms with Gasteiger partial charge in [-0.25, -0.2) is 4.79 Å². The van der Waals surface area contributed by atoms with E-state index in [0.29, 0.717) is 17.9 Å². The van der Waals surface area contributed by atoms with E-state index >= 15 is 0 Å². The van der Waals surface area contributed by atoms with Gasteiger partial charge < -0.3 is 9.47 Å². The molecule has 0 spiro atoms. The van der Waals surface area contributed by atoms with Crippen molar-refractivity contribution in [1.82, 2.24) is 0 Å². The van der Waals surface area contributed by atoms with E-state index in [1.165, 1.54) is 7.11 Å². The zero-order chi connectivity index (χ0) is 14.3. The van der Waals surface area contributed by atoms with E-state index in [1.807, 2.05) is 13.8 Å². The number of hydrogen-bond acceptors (Lipinski definition) is 4. The van der Waals surface area contributed by atoms with Gasteiger partial charge in [-0.3, -0.25) is 0 Å². The Kier molecular flexibility index (Phi) is 5.37. The fraction of sp³-hybridized carbons (Fsp3) is 0.467. The molecule has 1 rings (SSSR count). The molecule has 0 bridgehead atoms. The Balaban J connectivity index is 2.39. The number of hydrogen-bond donors (Lipinski definition) is 0. The minimum atomic E-state index is -0.359. The van der Waals surface area contributed by atoms with Crippen molar-refractivity contribution in [1.29, 1.82) is 5.26 Å². The SMILES string of the molecule is COC(=O)c1ccc(OCCCC(C)(C)C#N)cc1. The second kappa shape index (κ2) is 6.79. The number of nitrogens with zero attached hydrogens (tertiary/aromatic N) is 1. The van der Waals surface area contributed by atoms with Crippen LogP contribution in [0.15, 0.2) is 24.3 Å². The van der Waals surface area contributed by atoms with E-state index in [1.54, 1.807) is 24.3 Å². The standard InChI is InChI=1S/C15H19NO3/c1-15(2,11-16)9-4-10-19-13-7-5-12(6-8-13)14(17)18-3/h5-8H,4,9-10H2,1-3H3. The van der Waals surface area contributed by atoms with Crippen LogP contribution < -0.4 is 4.74 Å². The Bertz CT molecular complexity index is 457. The summed E-state index contributed by atoms with van der Waals surface area (Å²) in [6.45, 7) is 4.39. The number of carbonyl (C=O) groups is 1. The highest BCUT2D eigenvalue weighted by Gasteiger charge is 2.15. The number of nitriles is 1. The summed E-state index contributed by atoms with van der Waals surface area (Å²) in [6.07, 6.45) is 1.61. The zero-order valence-electron chi connectivity index (χ0n) is 11.6. The highest BCUT2D eigenvalue weighted by Crippen LogP contribution is 2.21. The second-order valence-corrected chi connectivity index (χ2v) is 4.96. The summed E-state index contributed by atoms with van der Waals surface area (Å²) in [5.41, 5.74) is 0.193. The third-order valence-electron chi connectivity index (χ3n) is 2.79. The fourth-order valence-electron chi connectivity index (χ4n) is 1.57. The molecular weight excluding hydrogens is 242 g/mol. The van der Waals surface area contributed by atoms with E-state index in [4.69, 9.17) is 10.00 Å². The third-order valence-corrected chi connectivity index (χ3v) is 2.79. The number of esters is 1. The monoisotopic (exact) mass is 261 g/mol. The number of ether oxygens (including phenoxy) is 2. The first-order valence-electron chi connectivity index (χ1n) is 6.21. The van der Waals surface area contributed by atoms with Crippen molar-refractivity contribution in [3.63, 3.8) is 0 Å². The summed E-state index contributed by atoms with van der Waals surface area (Å²) >= 11 is 0. The van der Waals surface area contributed by atoms with Crippen LogP contribution >= 0.6 is 0 Å². The average molecular weight is 261 g/mol. The van der Waals surface area contributed by atoms with Crippen molar-refractivity contribution in [2.24, 2.45) is 5.41 Å². The molecule has 0 amide bonds. The lowest BCUT2D eigenvalue weighted by Crippen LogP contribution is -2.10. The van der Waals surface area contributed by atoms with Crippen molar-refractivity contribution in [3.8, 4) is 11.8 Å². The van der Waals surface area contributed by atoms with E-state index < -0.39 is 0 Å². The molecule has 0 aromatic heterocycles. The van der Waals surface area contributed by atoms with Crippen LogP contribution in [-0.2, 0) is 4.74 Å². The summed E-state index contributed by atoms with van der Waals surface area (Å²) in [5.74, 6) is 0.352. The quantitative estimate of drug-likeness (QED) is 0.583. The van der Waals surface area contributed by atoms with Crippen LogP contribution in [0.5, 0.6) is 5.75 Å².